The van der Waals surface area contributed by atoms with Crippen molar-refractivity contribution in [2.75, 3.05) is 19.7 Å². The van der Waals surface area contributed by atoms with Crippen LogP contribution in [-0.4, -0.2) is 43.3 Å². The number of aromatic nitrogens is 2. The minimum atomic E-state index is -3.53. The zero-order chi connectivity index (χ0) is 24.7. The average Bonchev–Trinajstić information content (AvgIpc) is 3.34. The van der Waals surface area contributed by atoms with E-state index in [1.807, 2.05) is 0 Å². The Morgan fingerprint density at radius 3 is 2.63 bits per heavy atom. The second-order valence-corrected chi connectivity index (χ2v) is 12.4. The number of rotatable bonds is 5. The summed E-state index contributed by atoms with van der Waals surface area (Å²) >= 11 is 6.54. The van der Waals surface area contributed by atoms with Crippen LogP contribution in [0, 0.1) is 6.92 Å². The van der Waals surface area contributed by atoms with Crippen LogP contribution in [0.25, 0.3) is 22.6 Å². The van der Waals surface area contributed by atoms with Gasteiger partial charge in [-0.05, 0) is 75.9 Å². The van der Waals surface area contributed by atoms with E-state index >= 15 is 0 Å². The fourth-order valence-electron chi connectivity index (χ4n) is 5.25. The molecule has 35 heavy (non-hydrogen) atoms. The van der Waals surface area contributed by atoms with Gasteiger partial charge < -0.3 is 10.1 Å². The Morgan fingerprint density at radius 2 is 1.89 bits per heavy atom. The summed E-state index contributed by atoms with van der Waals surface area (Å²) in [7, 11) is -3.53. The van der Waals surface area contributed by atoms with Crippen molar-refractivity contribution in [2.24, 2.45) is 0 Å². The summed E-state index contributed by atoms with van der Waals surface area (Å²) in [5.41, 5.74) is 5.60. The van der Waals surface area contributed by atoms with Crippen LogP contribution in [0.4, 0.5) is 0 Å². The SMILES string of the molecule is Cc1cc(-c2ncc(Cl)c(-c3ccccc3S(=O)(=O)C(C)C)n2)c2c(c1C1CCNCC1)CCO2. The largest absolute Gasteiger partial charge is 0.492 e. The van der Waals surface area contributed by atoms with E-state index in [1.165, 1.54) is 16.7 Å². The molecule has 8 heteroatoms. The summed E-state index contributed by atoms with van der Waals surface area (Å²) in [5, 5.41) is 3.19. The first-order valence-electron chi connectivity index (χ1n) is 12.1. The van der Waals surface area contributed by atoms with E-state index in [4.69, 9.17) is 21.3 Å². The normalized spacial score (nSPS) is 16.4. The molecule has 0 amide bonds. The van der Waals surface area contributed by atoms with E-state index in [1.54, 1.807) is 44.3 Å². The fourth-order valence-corrected chi connectivity index (χ4v) is 6.69. The van der Waals surface area contributed by atoms with Crippen LogP contribution in [0.3, 0.4) is 0 Å². The quantitative estimate of drug-likeness (QED) is 0.497. The molecule has 0 bridgehead atoms. The van der Waals surface area contributed by atoms with Gasteiger partial charge in [-0.2, -0.15) is 0 Å². The first-order valence-corrected chi connectivity index (χ1v) is 14.1. The molecule has 1 N–H and O–H groups in total. The van der Waals surface area contributed by atoms with Gasteiger partial charge in [0, 0.05) is 17.5 Å². The van der Waals surface area contributed by atoms with Crippen LogP contribution in [0.15, 0.2) is 41.4 Å². The Morgan fingerprint density at radius 1 is 1.14 bits per heavy atom. The molecule has 0 aliphatic carbocycles. The molecule has 2 aromatic carbocycles. The maximum atomic E-state index is 13.1. The average molecular weight is 512 g/mol. The molecule has 1 aromatic heterocycles. The third-order valence-electron chi connectivity index (χ3n) is 7.03. The summed E-state index contributed by atoms with van der Waals surface area (Å²) < 4.78 is 32.3. The van der Waals surface area contributed by atoms with E-state index in [9.17, 15) is 8.42 Å². The standard InChI is InChI=1S/C27H30ClN3O3S/c1-16(2)35(32,33)23-7-5-4-6-19(23)25-22(28)15-30-27(31-25)21-14-17(3)24(18-8-11-29-12-9-18)20-10-13-34-26(20)21/h4-7,14-16,18,29H,8-13H2,1-3H3. The third kappa shape index (κ3) is 4.34. The van der Waals surface area contributed by atoms with Crippen molar-refractivity contribution in [1.82, 2.24) is 15.3 Å². The maximum absolute atomic E-state index is 13.1. The second kappa shape index (κ2) is 9.52. The first kappa shape index (κ1) is 24.2. The molecule has 0 saturated carbocycles. The van der Waals surface area contributed by atoms with Crippen molar-refractivity contribution in [2.45, 2.75) is 56.1 Å². The second-order valence-electron chi connectivity index (χ2n) is 9.57. The molecule has 0 radical (unpaired) electrons. The van der Waals surface area contributed by atoms with Gasteiger partial charge in [-0.15, -0.1) is 0 Å². The topological polar surface area (TPSA) is 81.2 Å². The van der Waals surface area contributed by atoms with Crippen LogP contribution in [-0.2, 0) is 16.3 Å². The van der Waals surface area contributed by atoms with E-state index in [2.05, 4.69) is 23.3 Å². The highest BCUT2D eigenvalue weighted by Crippen LogP contribution is 2.44. The van der Waals surface area contributed by atoms with Crippen molar-refractivity contribution < 1.29 is 13.2 Å². The van der Waals surface area contributed by atoms with Gasteiger partial charge in [-0.25, -0.2) is 18.4 Å². The lowest BCUT2D eigenvalue weighted by molar-refractivity contribution is 0.358. The minimum absolute atomic E-state index is 0.223. The number of piperidine rings is 1. The lowest BCUT2D eigenvalue weighted by Gasteiger charge is -2.27. The molecule has 3 aromatic rings. The number of benzene rings is 2. The van der Waals surface area contributed by atoms with Crippen LogP contribution >= 0.6 is 11.6 Å². The van der Waals surface area contributed by atoms with Gasteiger partial charge in [-0.1, -0.05) is 29.8 Å². The zero-order valence-corrected chi connectivity index (χ0v) is 21.8. The third-order valence-corrected chi connectivity index (χ3v) is 9.52. The number of aryl methyl sites for hydroxylation is 1. The van der Waals surface area contributed by atoms with Crippen LogP contribution in [0.5, 0.6) is 5.75 Å². The summed E-state index contributed by atoms with van der Waals surface area (Å²) in [6.07, 6.45) is 4.67. The lowest BCUT2D eigenvalue weighted by Crippen LogP contribution is -2.27. The van der Waals surface area contributed by atoms with Crippen LogP contribution < -0.4 is 10.1 Å². The van der Waals surface area contributed by atoms with Crippen molar-refractivity contribution in [3.8, 4) is 28.4 Å². The number of hydrogen-bond acceptors (Lipinski definition) is 6. The van der Waals surface area contributed by atoms with Gasteiger partial charge in [0.1, 0.15) is 5.75 Å². The Hall–Kier alpha value is -2.48. The molecule has 1 fully saturated rings. The number of halogens is 1. The number of hydrogen-bond donors (Lipinski definition) is 1. The fraction of sp³-hybridized carbons (Fsp3) is 0.407. The van der Waals surface area contributed by atoms with E-state index in [0.29, 0.717) is 34.6 Å². The monoisotopic (exact) mass is 511 g/mol. The summed E-state index contributed by atoms with van der Waals surface area (Å²) in [4.78, 5) is 9.57. The van der Waals surface area contributed by atoms with Gasteiger partial charge >= 0.3 is 0 Å². The molecule has 6 nitrogen and oxygen atoms in total. The number of fused-ring (bicyclic) bond motifs is 1. The Kier molecular flexibility index (Phi) is 6.59. The molecule has 5 rings (SSSR count). The number of nitrogens with zero attached hydrogens (tertiary/aromatic N) is 2. The Bertz CT molecular complexity index is 1380. The van der Waals surface area contributed by atoms with Gasteiger partial charge in [0.25, 0.3) is 0 Å². The highest BCUT2D eigenvalue weighted by molar-refractivity contribution is 7.92. The predicted octanol–water partition coefficient (Wildman–Crippen LogP) is 5.36. The van der Waals surface area contributed by atoms with E-state index < -0.39 is 15.1 Å². The predicted molar refractivity (Wildman–Crippen MR) is 139 cm³/mol. The molecular weight excluding hydrogens is 482 g/mol. The summed E-state index contributed by atoms with van der Waals surface area (Å²) in [5.74, 6) is 1.86. The molecule has 3 heterocycles. The zero-order valence-electron chi connectivity index (χ0n) is 20.3. The Labute approximate surface area is 212 Å². The molecule has 0 atom stereocenters. The van der Waals surface area contributed by atoms with Gasteiger partial charge in [0.05, 0.1) is 39.2 Å². The van der Waals surface area contributed by atoms with E-state index in [-0.39, 0.29) is 4.90 Å². The molecule has 1 saturated heterocycles. The molecule has 184 valence electrons. The molecule has 2 aliphatic rings. The van der Waals surface area contributed by atoms with Gasteiger partial charge in [0.2, 0.25) is 0 Å². The summed E-state index contributed by atoms with van der Waals surface area (Å²) in [6, 6.07) is 9.00. The Balaban J connectivity index is 1.65. The molecule has 2 aliphatic heterocycles. The molecular formula is C27H30ClN3O3S. The van der Waals surface area contributed by atoms with E-state index in [0.717, 1.165) is 43.7 Å². The van der Waals surface area contributed by atoms with Crippen LogP contribution in [0.2, 0.25) is 5.02 Å². The highest BCUT2D eigenvalue weighted by Gasteiger charge is 2.30. The maximum Gasteiger partial charge on any atom is 0.181 e. The lowest BCUT2D eigenvalue weighted by atomic mass is 9.82. The van der Waals surface area contributed by atoms with Crippen LogP contribution in [0.1, 0.15) is 49.3 Å². The van der Waals surface area contributed by atoms with Gasteiger partial charge in [0.15, 0.2) is 15.7 Å². The summed E-state index contributed by atoms with van der Waals surface area (Å²) in [6.45, 7) is 8.20. The first-order chi connectivity index (χ1) is 16.8. The minimum Gasteiger partial charge on any atom is -0.492 e. The van der Waals surface area contributed by atoms with Crippen molar-refractivity contribution in [3.05, 3.63) is 58.2 Å². The molecule has 0 spiro atoms. The molecule has 0 unspecified atom stereocenters. The van der Waals surface area contributed by atoms with Crippen molar-refractivity contribution in [3.63, 3.8) is 0 Å². The number of ether oxygens (including phenoxy) is 1. The number of sulfone groups is 1. The van der Waals surface area contributed by atoms with Crippen molar-refractivity contribution in [1.29, 1.82) is 0 Å². The van der Waals surface area contributed by atoms with Gasteiger partial charge in [-0.3, -0.25) is 0 Å². The smallest absolute Gasteiger partial charge is 0.181 e. The number of nitrogens with one attached hydrogen (secondary N) is 1. The highest BCUT2D eigenvalue weighted by atomic mass is 35.5. The van der Waals surface area contributed by atoms with Crippen molar-refractivity contribution >= 4 is 21.4 Å².